The number of nitrogen functional groups attached to an aromatic ring is 1. The lowest BCUT2D eigenvalue weighted by atomic mass is 9.94. The molecule has 1 saturated heterocycles. The number of hydrogen-bond acceptors (Lipinski definition) is 4. The molecule has 0 spiro atoms. The van der Waals surface area contributed by atoms with E-state index in [1.54, 1.807) is 10.9 Å². The minimum absolute atomic E-state index is 0.113. The number of ether oxygens (including phenoxy) is 1. The number of rotatable bonds is 3. The molecule has 0 aliphatic carbocycles. The summed E-state index contributed by atoms with van der Waals surface area (Å²) in [5, 5.41) is 7.17. The van der Waals surface area contributed by atoms with Gasteiger partial charge in [0, 0.05) is 25.4 Å². The van der Waals surface area contributed by atoms with Crippen molar-refractivity contribution in [3.8, 4) is 0 Å². The number of carbonyl (C=O) groups excluding carboxylic acids is 1. The van der Waals surface area contributed by atoms with Gasteiger partial charge in [0.25, 0.3) is 5.91 Å². The summed E-state index contributed by atoms with van der Waals surface area (Å²) in [5.74, 6) is -0.201. The standard InChI is InChI=1S/C13H22N4O2/c1-4-17-8-10(14)11(16-17)12(18)15-9-5-6-19-13(2,3)7-9/h8-9H,4-7,14H2,1-3H3,(H,15,18). The number of aromatic nitrogens is 2. The van der Waals surface area contributed by atoms with E-state index in [4.69, 9.17) is 10.5 Å². The Hall–Kier alpha value is -1.56. The molecule has 3 N–H and O–H groups in total. The molecule has 1 aliphatic rings. The first-order valence-corrected chi connectivity index (χ1v) is 6.69. The molecule has 6 heteroatoms. The highest BCUT2D eigenvalue weighted by Gasteiger charge is 2.30. The Kier molecular flexibility index (Phi) is 3.80. The van der Waals surface area contributed by atoms with Crippen molar-refractivity contribution in [2.45, 2.75) is 51.8 Å². The van der Waals surface area contributed by atoms with Crippen LogP contribution in [-0.4, -0.2) is 33.9 Å². The summed E-state index contributed by atoms with van der Waals surface area (Å²) in [5.41, 5.74) is 6.35. The summed E-state index contributed by atoms with van der Waals surface area (Å²) in [6, 6.07) is 0.113. The molecule has 1 aromatic rings. The maximum Gasteiger partial charge on any atom is 0.274 e. The molecule has 0 saturated carbocycles. The van der Waals surface area contributed by atoms with Crippen LogP contribution in [0.5, 0.6) is 0 Å². The molecule has 2 heterocycles. The van der Waals surface area contributed by atoms with Crippen LogP contribution < -0.4 is 11.1 Å². The average molecular weight is 266 g/mol. The Morgan fingerprint density at radius 1 is 1.68 bits per heavy atom. The van der Waals surface area contributed by atoms with Crippen LogP contribution in [0.15, 0.2) is 6.20 Å². The van der Waals surface area contributed by atoms with E-state index in [1.807, 2.05) is 20.8 Å². The van der Waals surface area contributed by atoms with Gasteiger partial charge in [0.15, 0.2) is 5.69 Å². The van der Waals surface area contributed by atoms with Crippen molar-refractivity contribution >= 4 is 11.6 Å². The summed E-state index contributed by atoms with van der Waals surface area (Å²) in [7, 11) is 0. The van der Waals surface area contributed by atoms with E-state index >= 15 is 0 Å². The zero-order chi connectivity index (χ0) is 14.0. The summed E-state index contributed by atoms with van der Waals surface area (Å²) in [6.07, 6.45) is 3.31. The van der Waals surface area contributed by atoms with Crippen molar-refractivity contribution in [2.75, 3.05) is 12.3 Å². The first-order valence-electron chi connectivity index (χ1n) is 6.69. The quantitative estimate of drug-likeness (QED) is 0.860. The number of nitrogens with two attached hydrogens (primary N) is 1. The molecule has 0 aromatic carbocycles. The van der Waals surface area contributed by atoms with Gasteiger partial charge in [-0.1, -0.05) is 0 Å². The van der Waals surface area contributed by atoms with Crippen LogP contribution >= 0.6 is 0 Å². The van der Waals surface area contributed by atoms with E-state index in [2.05, 4.69) is 10.4 Å². The predicted molar refractivity (Wildman–Crippen MR) is 72.8 cm³/mol. The van der Waals surface area contributed by atoms with Gasteiger partial charge in [0.1, 0.15) is 0 Å². The highest BCUT2D eigenvalue weighted by Crippen LogP contribution is 2.24. The van der Waals surface area contributed by atoms with Crippen LogP contribution in [0, 0.1) is 0 Å². The third-order valence-corrected chi connectivity index (χ3v) is 3.36. The predicted octanol–water partition coefficient (Wildman–Crippen LogP) is 1.17. The van der Waals surface area contributed by atoms with Gasteiger partial charge in [0.2, 0.25) is 0 Å². The molecule has 0 radical (unpaired) electrons. The first kappa shape index (κ1) is 13.9. The van der Waals surface area contributed by atoms with E-state index in [9.17, 15) is 4.79 Å². The van der Waals surface area contributed by atoms with Gasteiger partial charge >= 0.3 is 0 Å². The molecule has 1 aliphatic heterocycles. The minimum Gasteiger partial charge on any atom is -0.396 e. The summed E-state index contributed by atoms with van der Waals surface area (Å²) < 4.78 is 7.30. The molecule has 1 atom stereocenters. The summed E-state index contributed by atoms with van der Waals surface area (Å²) in [6.45, 7) is 7.38. The van der Waals surface area contributed by atoms with Gasteiger partial charge in [-0.2, -0.15) is 5.10 Å². The fraction of sp³-hybridized carbons (Fsp3) is 0.692. The third kappa shape index (κ3) is 3.26. The zero-order valence-electron chi connectivity index (χ0n) is 11.8. The summed E-state index contributed by atoms with van der Waals surface area (Å²) in [4.78, 5) is 12.2. The fourth-order valence-electron chi connectivity index (χ4n) is 2.38. The number of aryl methyl sites for hydroxylation is 1. The monoisotopic (exact) mass is 266 g/mol. The number of carbonyl (C=O) groups is 1. The minimum atomic E-state index is -0.201. The Balaban J connectivity index is 2.02. The molecule has 1 amide bonds. The fourth-order valence-corrected chi connectivity index (χ4v) is 2.38. The number of anilines is 1. The van der Waals surface area contributed by atoms with Crippen LogP contribution in [-0.2, 0) is 11.3 Å². The topological polar surface area (TPSA) is 82.2 Å². The molecule has 106 valence electrons. The first-order chi connectivity index (χ1) is 8.91. The van der Waals surface area contributed by atoms with Gasteiger partial charge in [-0.25, -0.2) is 0 Å². The second kappa shape index (κ2) is 5.21. The van der Waals surface area contributed by atoms with Gasteiger partial charge in [0.05, 0.1) is 11.3 Å². The van der Waals surface area contributed by atoms with Gasteiger partial charge in [-0.05, 0) is 33.6 Å². The van der Waals surface area contributed by atoms with Crippen LogP contribution in [0.25, 0.3) is 0 Å². The van der Waals surface area contributed by atoms with Crippen molar-refractivity contribution in [3.63, 3.8) is 0 Å². The molecule has 1 aromatic heterocycles. The van der Waals surface area contributed by atoms with E-state index in [1.165, 1.54) is 0 Å². The molecule has 1 unspecified atom stereocenters. The van der Waals surface area contributed by atoms with E-state index in [-0.39, 0.29) is 17.6 Å². The van der Waals surface area contributed by atoms with Crippen LogP contribution in [0.4, 0.5) is 5.69 Å². The zero-order valence-corrected chi connectivity index (χ0v) is 11.8. The number of amides is 1. The SMILES string of the molecule is CCn1cc(N)c(C(=O)NC2CCOC(C)(C)C2)n1. The molecular formula is C13H22N4O2. The van der Waals surface area contributed by atoms with Crippen LogP contribution in [0.2, 0.25) is 0 Å². The van der Waals surface area contributed by atoms with E-state index < -0.39 is 0 Å². The second-order valence-electron chi connectivity index (χ2n) is 5.56. The smallest absolute Gasteiger partial charge is 0.274 e. The number of nitrogens with zero attached hydrogens (tertiary/aromatic N) is 2. The Bertz CT molecular complexity index is 467. The van der Waals surface area contributed by atoms with E-state index in [0.717, 1.165) is 12.8 Å². The Morgan fingerprint density at radius 2 is 2.42 bits per heavy atom. The van der Waals surface area contributed by atoms with Crippen molar-refractivity contribution in [1.29, 1.82) is 0 Å². The highest BCUT2D eigenvalue weighted by molar-refractivity contribution is 5.97. The van der Waals surface area contributed by atoms with Crippen LogP contribution in [0.1, 0.15) is 44.1 Å². The van der Waals surface area contributed by atoms with E-state index in [0.29, 0.717) is 24.5 Å². The summed E-state index contributed by atoms with van der Waals surface area (Å²) >= 11 is 0. The lowest BCUT2D eigenvalue weighted by molar-refractivity contribution is -0.0615. The molecule has 1 fully saturated rings. The van der Waals surface area contributed by atoms with Gasteiger partial charge < -0.3 is 15.8 Å². The molecule has 2 rings (SSSR count). The van der Waals surface area contributed by atoms with Crippen molar-refractivity contribution in [3.05, 3.63) is 11.9 Å². The number of nitrogens with one attached hydrogen (secondary N) is 1. The lowest BCUT2D eigenvalue weighted by Crippen LogP contribution is -2.46. The van der Waals surface area contributed by atoms with Crippen molar-refractivity contribution in [1.82, 2.24) is 15.1 Å². The molecular weight excluding hydrogens is 244 g/mol. The van der Waals surface area contributed by atoms with Gasteiger partial charge in [-0.15, -0.1) is 0 Å². The Labute approximate surface area is 113 Å². The highest BCUT2D eigenvalue weighted by atomic mass is 16.5. The van der Waals surface area contributed by atoms with Crippen molar-refractivity contribution < 1.29 is 9.53 Å². The molecule has 19 heavy (non-hydrogen) atoms. The molecule has 6 nitrogen and oxygen atoms in total. The average Bonchev–Trinajstić information content (AvgIpc) is 2.69. The third-order valence-electron chi connectivity index (χ3n) is 3.36. The van der Waals surface area contributed by atoms with Crippen molar-refractivity contribution in [2.24, 2.45) is 0 Å². The largest absolute Gasteiger partial charge is 0.396 e. The Morgan fingerprint density at radius 3 is 3.00 bits per heavy atom. The number of hydrogen-bond donors (Lipinski definition) is 2. The second-order valence-corrected chi connectivity index (χ2v) is 5.56. The van der Waals surface area contributed by atoms with Gasteiger partial charge in [-0.3, -0.25) is 9.48 Å². The van der Waals surface area contributed by atoms with Crippen LogP contribution in [0.3, 0.4) is 0 Å². The lowest BCUT2D eigenvalue weighted by Gasteiger charge is -2.35. The normalized spacial score (nSPS) is 22.2. The maximum absolute atomic E-state index is 12.2. The molecule has 0 bridgehead atoms. The maximum atomic E-state index is 12.2.